The average Bonchev–Trinajstić information content (AvgIpc) is 2.86. The number of aryl methyl sites for hydroxylation is 1. The molecule has 2 aromatic rings. The topological polar surface area (TPSA) is 80.9 Å². The Morgan fingerprint density at radius 1 is 1.32 bits per heavy atom. The van der Waals surface area contributed by atoms with Crippen molar-refractivity contribution >= 4 is 34.0 Å². The molecule has 1 heterocycles. The molecule has 2 rings (SSSR count). The maximum Gasteiger partial charge on any atom is 0.226 e. The van der Waals surface area contributed by atoms with Gasteiger partial charge in [0.1, 0.15) is 5.01 Å². The number of nitrogens with zero attached hydrogens (tertiary/aromatic N) is 2. The van der Waals surface area contributed by atoms with Gasteiger partial charge in [-0.2, -0.15) is 0 Å². The van der Waals surface area contributed by atoms with Crippen molar-refractivity contribution in [2.24, 2.45) is 5.73 Å². The molecule has 1 aromatic heterocycles. The highest BCUT2D eigenvalue weighted by Gasteiger charge is 2.07. The summed E-state index contributed by atoms with van der Waals surface area (Å²) in [6, 6.07) is 7.44. The second-order valence-electron chi connectivity index (χ2n) is 3.88. The van der Waals surface area contributed by atoms with E-state index in [1.807, 2.05) is 24.3 Å². The Balaban J connectivity index is 1.82. The van der Waals surface area contributed by atoms with Crippen molar-refractivity contribution in [2.45, 2.75) is 19.4 Å². The maximum absolute atomic E-state index is 11.7. The first-order valence-electron chi connectivity index (χ1n) is 5.74. The number of carbonyl (C=O) groups is 1. The SMILES string of the molecule is NCc1nnc(NC(=O)CCc2ccc(Cl)cc2)s1. The third kappa shape index (κ3) is 4.27. The number of halogens is 1. The molecule has 0 bridgehead atoms. The van der Waals surface area contributed by atoms with E-state index in [2.05, 4.69) is 15.5 Å². The van der Waals surface area contributed by atoms with Crippen LogP contribution in [-0.4, -0.2) is 16.1 Å². The fraction of sp³-hybridized carbons (Fsp3) is 0.250. The summed E-state index contributed by atoms with van der Waals surface area (Å²) in [5, 5.41) is 12.2. The first-order chi connectivity index (χ1) is 9.17. The van der Waals surface area contributed by atoms with E-state index in [4.69, 9.17) is 17.3 Å². The highest BCUT2D eigenvalue weighted by molar-refractivity contribution is 7.15. The molecule has 7 heteroatoms. The molecule has 0 fully saturated rings. The van der Waals surface area contributed by atoms with Gasteiger partial charge in [-0.15, -0.1) is 10.2 Å². The minimum Gasteiger partial charge on any atom is -0.324 e. The second-order valence-corrected chi connectivity index (χ2v) is 5.38. The van der Waals surface area contributed by atoms with Crippen molar-refractivity contribution in [1.82, 2.24) is 10.2 Å². The number of rotatable bonds is 5. The number of hydrogen-bond donors (Lipinski definition) is 2. The van der Waals surface area contributed by atoms with Crippen molar-refractivity contribution in [3.63, 3.8) is 0 Å². The van der Waals surface area contributed by atoms with E-state index in [0.717, 1.165) is 5.56 Å². The third-order valence-corrected chi connectivity index (χ3v) is 3.55. The molecule has 100 valence electrons. The fourth-order valence-corrected chi connectivity index (χ4v) is 2.24. The number of hydrogen-bond acceptors (Lipinski definition) is 5. The number of nitrogens with one attached hydrogen (secondary N) is 1. The van der Waals surface area contributed by atoms with E-state index in [-0.39, 0.29) is 5.91 Å². The minimum atomic E-state index is -0.0883. The Bertz CT molecular complexity index is 555. The summed E-state index contributed by atoms with van der Waals surface area (Å²) in [7, 11) is 0. The van der Waals surface area contributed by atoms with Gasteiger partial charge in [-0.1, -0.05) is 35.1 Å². The first-order valence-corrected chi connectivity index (χ1v) is 6.93. The zero-order valence-corrected chi connectivity index (χ0v) is 11.7. The van der Waals surface area contributed by atoms with Gasteiger partial charge in [0.05, 0.1) is 0 Å². The van der Waals surface area contributed by atoms with Gasteiger partial charge < -0.3 is 11.1 Å². The Hall–Kier alpha value is -1.50. The number of benzene rings is 1. The molecular weight excluding hydrogens is 284 g/mol. The highest BCUT2D eigenvalue weighted by Crippen LogP contribution is 2.15. The van der Waals surface area contributed by atoms with Crippen LogP contribution in [0.15, 0.2) is 24.3 Å². The van der Waals surface area contributed by atoms with Crippen LogP contribution in [0, 0.1) is 0 Å². The Kier molecular flexibility index (Phi) is 4.84. The third-order valence-electron chi connectivity index (χ3n) is 2.44. The fourth-order valence-electron chi connectivity index (χ4n) is 1.48. The number of aromatic nitrogens is 2. The molecule has 0 radical (unpaired) electrons. The quantitative estimate of drug-likeness (QED) is 0.886. The van der Waals surface area contributed by atoms with Crippen LogP contribution in [0.3, 0.4) is 0 Å². The molecule has 0 aliphatic carbocycles. The van der Waals surface area contributed by atoms with Crippen LogP contribution in [0.1, 0.15) is 17.0 Å². The van der Waals surface area contributed by atoms with Gasteiger partial charge in [0.15, 0.2) is 0 Å². The van der Waals surface area contributed by atoms with Crippen LogP contribution in [0.5, 0.6) is 0 Å². The van der Waals surface area contributed by atoms with E-state index in [1.165, 1.54) is 11.3 Å². The predicted octanol–water partition coefficient (Wildman–Crippen LogP) is 2.22. The van der Waals surface area contributed by atoms with Crippen molar-refractivity contribution in [3.05, 3.63) is 39.9 Å². The zero-order chi connectivity index (χ0) is 13.7. The summed E-state index contributed by atoms with van der Waals surface area (Å²) in [6.45, 7) is 0.332. The Morgan fingerprint density at radius 3 is 2.68 bits per heavy atom. The summed E-state index contributed by atoms with van der Waals surface area (Å²) in [5.74, 6) is -0.0883. The molecule has 0 saturated carbocycles. The molecule has 1 amide bonds. The van der Waals surface area contributed by atoms with Gasteiger partial charge in [-0.05, 0) is 24.1 Å². The van der Waals surface area contributed by atoms with Crippen LogP contribution in [0.25, 0.3) is 0 Å². The summed E-state index contributed by atoms with van der Waals surface area (Å²) >= 11 is 7.08. The molecular formula is C12H13ClN4OS. The van der Waals surface area contributed by atoms with Crippen LogP contribution in [0.4, 0.5) is 5.13 Å². The van der Waals surface area contributed by atoms with Crippen molar-refractivity contribution in [1.29, 1.82) is 0 Å². The lowest BCUT2D eigenvalue weighted by Gasteiger charge is -2.02. The molecule has 0 unspecified atom stereocenters. The van der Waals surface area contributed by atoms with Gasteiger partial charge in [-0.3, -0.25) is 4.79 Å². The molecule has 19 heavy (non-hydrogen) atoms. The van der Waals surface area contributed by atoms with Gasteiger partial charge in [0.2, 0.25) is 11.0 Å². The summed E-state index contributed by atoms with van der Waals surface area (Å²) < 4.78 is 0. The van der Waals surface area contributed by atoms with Gasteiger partial charge in [0.25, 0.3) is 0 Å². The largest absolute Gasteiger partial charge is 0.324 e. The van der Waals surface area contributed by atoms with Crippen LogP contribution >= 0.6 is 22.9 Å². The van der Waals surface area contributed by atoms with Crippen molar-refractivity contribution in [3.8, 4) is 0 Å². The van der Waals surface area contributed by atoms with Gasteiger partial charge in [-0.25, -0.2) is 0 Å². The van der Waals surface area contributed by atoms with E-state index in [1.54, 1.807) is 0 Å². The minimum absolute atomic E-state index is 0.0883. The average molecular weight is 297 g/mol. The van der Waals surface area contributed by atoms with E-state index in [0.29, 0.717) is 34.5 Å². The lowest BCUT2D eigenvalue weighted by molar-refractivity contribution is -0.116. The smallest absolute Gasteiger partial charge is 0.226 e. The normalized spacial score (nSPS) is 10.4. The number of carbonyl (C=O) groups excluding carboxylic acids is 1. The summed E-state index contributed by atoms with van der Waals surface area (Å²) in [4.78, 5) is 11.7. The molecule has 0 atom stereocenters. The van der Waals surface area contributed by atoms with Crippen LogP contribution in [0.2, 0.25) is 5.02 Å². The van der Waals surface area contributed by atoms with Crippen LogP contribution < -0.4 is 11.1 Å². The van der Waals surface area contributed by atoms with E-state index < -0.39 is 0 Å². The Labute approximate surface area is 119 Å². The summed E-state index contributed by atoms with van der Waals surface area (Å²) in [6.07, 6.45) is 1.05. The second kappa shape index (κ2) is 6.60. The molecule has 5 nitrogen and oxygen atoms in total. The standard InChI is InChI=1S/C12H13ClN4OS/c13-9-4-1-8(2-5-9)3-6-10(18)15-12-17-16-11(7-14)19-12/h1-2,4-5H,3,6-7,14H2,(H,15,17,18). The first kappa shape index (κ1) is 13.9. The molecule has 0 spiro atoms. The predicted molar refractivity (Wildman–Crippen MR) is 76.2 cm³/mol. The number of amides is 1. The maximum atomic E-state index is 11.7. The molecule has 1 aromatic carbocycles. The number of anilines is 1. The summed E-state index contributed by atoms with van der Waals surface area (Å²) in [5.41, 5.74) is 6.49. The van der Waals surface area contributed by atoms with E-state index >= 15 is 0 Å². The van der Waals surface area contributed by atoms with Gasteiger partial charge >= 0.3 is 0 Å². The van der Waals surface area contributed by atoms with E-state index in [9.17, 15) is 4.79 Å². The highest BCUT2D eigenvalue weighted by atomic mass is 35.5. The lowest BCUT2D eigenvalue weighted by Crippen LogP contribution is -2.12. The molecule has 0 aliphatic rings. The van der Waals surface area contributed by atoms with Crippen molar-refractivity contribution < 1.29 is 4.79 Å². The monoisotopic (exact) mass is 296 g/mol. The number of nitrogens with two attached hydrogens (primary N) is 1. The lowest BCUT2D eigenvalue weighted by atomic mass is 10.1. The van der Waals surface area contributed by atoms with Crippen molar-refractivity contribution in [2.75, 3.05) is 5.32 Å². The van der Waals surface area contributed by atoms with Gasteiger partial charge in [0, 0.05) is 18.0 Å². The van der Waals surface area contributed by atoms with Crippen LogP contribution in [-0.2, 0) is 17.8 Å². The molecule has 0 aliphatic heterocycles. The Morgan fingerprint density at radius 2 is 2.05 bits per heavy atom. The molecule has 3 N–H and O–H groups in total. The zero-order valence-electron chi connectivity index (χ0n) is 10.1. The molecule has 0 saturated heterocycles.